The highest BCUT2D eigenvalue weighted by molar-refractivity contribution is 6.31. The number of aromatic amines is 1. The Hall–Kier alpha value is -2.34. The number of amides is 2. The molecule has 1 aromatic heterocycles. The van der Waals surface area contributed by atoms with Crippen LogP contribution in [-0.2, 0) is 16.1 Å². The van der Waals surface area contributed by atoms with E-state index in [0.717, 1.165) is 29.7 Å². The van der Waals surface area contributed by atoms with Gasteiger partial charge in [-0.1, -0.05) is 31.5 Å². The molecule has 1 aliphatic heterocycles. The summed E-state index contributed by atoms with van der Waals surface area (Å²) < 4.78 is 0. The van der Waals surface area contributed by atoms with Crippen LogP contribution >= 0.6 is 11.6 Å². The summed E-state index contributed by atoms with van der Waals surface area (Å²) >= 11 is 6.08. The Morgan fingerprint density at radius 3 is 2.86 bits per heavy atom. The van der Waals surface area contributed by atoms with E-state index in [1.54, 1.807) is 0 Å². The number of halogens is 1. The first-order valence-electron chi connectivity index (χ1n) is 13.6. The summed E-state index contributed by atoms with van der Waals surface area (Å²) in [5.41, 5.74) is 2.04. The molecule has 3 saturated carbocycles. The van der Waals surface area contributed by atoms with Crippen molar-refractivity contribution in [2.75, 3.05) is 7.05 Å². The van der Waals surface area contributed by atoms with Crippen molar-refractivity contribution >= 4 is 34.4 Å². The number of carbonyl (C=O) groups is 2. The van der Waals surface area contributed by atoms with Gasteiger partial charge < -0.3 is 15.2 Å². The predicted octanol–water partition coefficient (Wildman–Crippen LogP) is 5.48. The van der Waals surface area contributed by atoms with Gasteiger partial charge in [0, 0.05) is 29.9 Å². The van der Waals surface area contributed by atoms with Crippen molar-refractivity contribution in [2.24, 2.45) is 34.5 Å². The lowest BCUT2D eigenvalue weighted by atomic mass is 9.47. The molecule has 6 rings (SSSR count). The quantitative estimate of drug-likeness (QED) is 0.574. The Morgan fingerprint density at radius 2 is 2.03 bits per heavy atom. The Bertz CT molecular complexity index is 1240. The molecular formula is C29H37ClN4O2. The second-order valence-corrected chi connectivity index (χ2v) is 12.7. The average Bonchev–Trinajstić information content (AvgIpc) is 3.40. The van der Waals surface area contributed by atoms with Crippen LogP contribution in [0.5, 0.6) is 0 Å². The zero-order valence-corrected chi connectivity index (χ0v) is 22.3. The standard InChI is InChI=1S/C29H37ClN4O2/c1-28-12-10-21-19(6-9-24-29(21,2)13-11-27(36)34(24)3)20(28)7-4-17(28)14-26(35)31-16-25-32-22-8-5-18(30)15-23(22)33-25/h5,8,11,13,15,17,19-21,24H,4,6-7,9-10,12,14,16H2,1-3H3,(H,31,35)(H,32,33)/t17?,19-,20-,21-,24+,28+,29+/m0/s1. The van der Waals surface area contributed by atoms with Crippen molar-refractivity contribution < 1.29 is 9.59 Å². The van der Waals surface area contributed by atoms with E-state index in [1.165, 1.54) is 25.7 Å². The van der Waals surface area contributed by atoms with Crippen LogP contribution in [0.3, 0.4) is 0 Å². The normalized spacial score (nSPS) is 37.5. The lowest BCUT2D eigenvalue weighted by Gasteiger charge is -2.60. The number of H-pyrrole nitrogens is 1. The molecule has 3 fully saturated rings. The molecule has 2 heterocycles. The summed E-state index contributed by atoms with van der Waals surface area (Å²) in [5.74, 6) is 3.42. The number of aromatic nitrogens is 2. The van der Waals surface area contributed by atoms with Crippen LogP contribution in [0.25, 0.3) is 11.0 Å². The maximum absolute atomic E-state index is 13.0. The monoisotopic (exact) mass is 508 g/mol. The van der Waals surface area contributed by atoms with Crippen LogP contribution in [-0.4, -0.2) is 39.8 Å². The molecule has 36 heavy (non-hydrogen) atoms. The van der Waals surface area contributed by atoms with E-state index in [0.29, 0.717) is 47.7 Å². The summed E-state index contributed by atoms with van der Waals surface area (Å²) in [6.07, 6.45) is 11.7. The van der Waals surface area contributed by atoms with Gasteiger partial charge in [0.1, 0.15) is 5.82 Å². The van der Waals surface area contributed by atoms with Crippen molar-refractivity contribution in [1.82, 2.24) is 20.2 Å². The zero-order chi connectivity index (χ0) is 25.2. The minimum atomic E-state index is 0.0686. The van der Waals surface area contributed by atoms with Gasteiger partial charge in [-0.25, -0.2) is 4.98 Å². The highest BCUT2D eigenvalue weighted by atomic mass is 35.5. The van der Waals surface area contributed by atoms with Crippen molar-refractivity contribution in [1.29, 1.82) is 0 Å². The minimum absolute atomic E-state index is 0.0686. The number of imidazole rings is 1. The van der Waals surface area contributed by atoms with E-state index >= 15 is 0 Å². The molecule has 2 N–H and O–H groups in total. The maximum Gasteiger partial charge on any atom is 0.246 e. The second kappa shape index (κ2) is 8.61. The average molecular weight is 509 g/mol. The largest absolute Gasteiger partial charge is 0.349 e. The Labute approximate surface area is 218 Å². The molecule has 192 valence electrons. The molecular weight excluding hydrogens is 472 g/mol. The number of hydrogen-bond acceptors (Lipinski definition) is 3. The van der Waals surface area contributed by atoms with Gasteiger partial charge in [0.05, 0.1) is 17.6 Å². The summed E-state index contributed by atoms with van der Waals surface area (Å²) in [6, 6.07) is 5.90. The lowest BCUT2D eigenvalue weighted by Crippen LogP contribution is -2.59. The van der Waals surface area contributed by atoms with E-state index in [4.69, 9.17) is 11.6 Å². The number of nitrogens with one attached hydrogen (secondary N) is 2. The van der Waals surface area contributed by atoms with E-state index in [9.17, 15) is 9.59 Å². The van der Waals surface area contributed by atoms with Gasteiger partial charge in [-0.2, -0.15) is 0 Å². The van der Waals surface area contributed by atoms with E-state index in [2.05, 4.69) is 35.2 Å². The molecule has 6 nitrogen and oxygen atoms in total. The molecule has 0 saturated heterocycles. The van der Waals surface area contributed by atoms with Crippen LogP contribution in [0.4, 0.5) is 0 Å². The summed E-state index contributed by atoms with van der Waals surface area (Å²) in [6.45, 7) is 5.26. The molecule has 0 spiro atoms. The number of fused-ring (bicyclic) bond motifs is 6. The fraction of sp³-hybridized carbons (Fsp3) is 0.621. The van der Waals surface area contributed by atoms with E-state index in [-0.39, 0.29) is 22.6 Å². The van der Waals surface area contributed by atoms with Crippen molar-refractivity contribution in [3.63, 3.8) is 0 Å². The molecule has 7 atom stereocenters. The Kier molecular flexibility index (Phi) is 5.75. The van der Waals surface area contributed by atoms with Crippen LogP contribution in [0.1, 0.15) is 64.6 Å². The molecule has 2 amide bonds. The van der Waals surface area contributed by atoms with Crippen LogP contribution in [0.2, 0.25) is 5.02 Å². The van der Waals surface area contributed by atoms with Gasteiger partial charge in [0.2, 0.25) is 11.8 Å². The van der Waals surface area contributed by atoms with Crippen molar-refractivity contribution in [2.45, 2.75) is 71.4 Å². The molecule has 1 unspecified atom stereocenters. The molecule has 3 aliphatic carbocycles. The minimum Gasteiger partial charge on any atom is -0.349 e. The lowest BCUT2D eigenvalue weighted by molar-refractivity contribution is -0.139. The highest BCUT2D eigenvalue weighted by Crippen LogP contribution is 2.65. The number of hydrogen-bond donors (Lipinski definition) is 2. The number of rotatable bonds is 4. The van der Waals surface area contributed by atoms with E-state index in [1.807, 2.05) is 36.2 Å². The number of likely N-dealkylation sites (N-methyl/N-ethyl adjacent to an activating group) is 1. The fourth-order valence-corrected chi connectivity index (χ4v) is 8.95. The Morgan fingerprint density at radius 1 is 1.19 bits per heavy atom. The van der Waals surface area contributed by atoms with Crippen molar-refractivity contribution in [3.8, 4) is 0 Å². The number of benzene rings is 1. The third-order valence-electron chi connectivity index (χ3n) is 10.7. The Balaban J connectivity index is 1.12. The smallest absolute Gasteiger partial charge is 0.246 e. The van der Waals surface area contributed by atoms with E-state index < -0.39 is 0 Å². The molecule has 1 aromatic carbocycles. The summed E-state index contributed by atoms with van der Waals surface area (Å²) in [4.78, 5) is 35.2. The predicted molar refractivity (Wildman–Crippen MR) is 141 cm³/mol. The van der Waals surface area contributed by atoms with Gasteiger partial charge in [0.15, 0.2) is 0 Å². The molecule has 4 aliphatic rings. The first kappa shape index (κ1) is 24.0. The third-order valence-corrected chi connectivity index (χ3v) is 10.9. The van der Waals surface area contributed by atoms with Crippen LogP contribution in [0, 0.1) is 34.5 Å². The van der Waals surface area contributed by atoms with Gasteiger partial charge in [-0.15, -0.1) is 0 Å². The van der Waals surface area contributed by atoms with Gasteiger partial charge in [-0.05, 0) is 91.9 Å². The van der Waals surface area contributed by atoms with Crippen LogP contribution in [0.15, 0.2) is 30.4 Å². The van der Waals surface area contributed by atoms with Gasteiger partial charge in [0.25, 0.3) is 0 Å². The summed E-state index contributed by atoms with van der Waals surface area (Å²) in [7, 11) is 1.98. The van der Waals surface area contributed by atoms with Gasteiger partial charge >= 0.3 is 0 Å². The summed E-state index contributed by atoms with van der Waals surface area (Å²) in [5, 5.41) is 3.78. The first-order valence-corrected chi connectivity index (χ1v) is 13.9. The van der Waals surface area contributed by atoms with Crippen LogP contribution < -0.4 is 5.32 Å². The topological polar surface area (TPSA) is 78.1 Å². The van der Waals surface area contributed by atoms with Crippen molar-refractivity contribution in [3.05, 3.63) is 41.2 Å². The fourth-order valence-electron chi connectivity index (χ4n) is 8.78. The second-order valence-electron chi connectivity index (χ2n) is 12.3. The van der Waals surface area contributed by atoms with Gasteiger partial charge in [-0.3, -0.25) is 9.59 Å². The molecule has 0 radical (unpaired) electrons. The molecule has 0 bridgehead atoms. The zero-order valence-electron chi connectivity index (χ0n) is 21.5. The molecule has 2 aromatic rings. The third kappa shape index (κ3) is 3.70. The number of nitrogens with zero attached hydrogens (tertiary/aromatic N) is 2. The first-order chi connectivity index (χ1) is 17.2. The number of carbonyl (C=O) groups excluding carboxylic acids is 2. The SMILES string of the molecule is CN1C(=O)C=C[C@]2(C)[C@H]3CC[C@]4(C)C(CC(=O)NCc5nc6ccc(Cl)cc6[nH]5)CC[C@H]4[C@@H]3CC[C@@H]12. The highest BCUT2D eigenvalue weighted by Gasteiger charge is 2.60. The molecule has 7 heteroatoms. The maximum atomic E-state index is 13.0.